The second kappa shape index (κ2) is 6.21. The molecule has 1 aromatic heterocycles. The Bertz CT molecular complexity index is 519. The summed E-state index contributed by atoms with van der Waals surface area (Å²) in [5.41, 5.74) is 3.40. The van der Waals surface area contributed by atoms with Crippen LogP contribution < -0.4 is 0 Å². The summed E-state index contributed by atoms with van der Waals surface area (Å²) in [4.78, 5) is 13.5. The van der Waals surface area contributed by atoms with E-state index in [1.165, 1.54) is 10.9 Å². The molecule has 0 unspecified atom stereocenters. The Kier molecular flexibility index (Phi) is 4.36. The number of aryl methyl sites for hydroxylation is 1. The topological polar surface area (TPSA) is 62.3 Å². The van der Waals surface area contributed by atoms with E-state index in [1.807, 2.05) is 18.2 Å². The highest BCUT2D eigenvalue weighted by Crippen LogP contribution is 2.24. The number of carbonyl (C=O) groups excluding carboxylic acids is 1. The molecule has 0 aliphatic carbocycles. The fourth-order valence-corrected chi connectivity index (χ4v) is 2.22. The van der Waals surface area contributed by atoms with Crippen LogP contribution in [0.15, 0.2) is 24.3 Å². The number of H-pyrrole nitrogens is 1. The summed E-state index contributed by atoms with van der Waals surface area (Å²) >= 11 is 0. The third kappa shape index (κ3) is 2.71. The van der Waals surface area contributed by atoms with Crippen LogP contribution in [0.4, 0.5) is 0 Å². The van der Waals surface area contributed by atoms with E-state index in [1.54, 1.807) is 0 Å². The van der Waals surface area contributed by atoms with Crippen molar-refractivity contribution in [3.8, 4) is 0 Å². The van der Waals surface area contributed by atoms with E-state index in [2.05, 4.69) is 11.1 Å². The van der Waals surface area contributed by atoms with Crippen LogP contribution in [0.3, 0.4) is 0 Å². The zero-order valence-electron chi connectivity index (χ0n) is 10.2. The molecule has 0 spiro atoms. The molecule has 2 aromatic rings. The van der Waals surface area contributed by atoms with E-state index in [9.17, 15) is 4.79 Å². The molecule has 1 heterocycles. The number of rotatable bonds is 7. The largest absolute Gasteiger partial charge is 0.467 e. The van der Waals surface area contributed by atoms with Crippen molar-refractivity contribution >= 4 is 17.4 Å². The molecule has 0 aliphatic rings. The highest BCUT2D eigenvalue weighted by atomic mass is 16.5. The lowest BCUT2D eigenvalue weighted by molar-refractivity contribution is -0.128. The van der Waals surface area contributed by atoms with Crippen LogP contribution in [-0.2, 0) is 22.4 Å². The third-order valence-corrected chi connectivity index (χ3v) is 3.02. The lowest BCUT2D eigenvalue weighted by Gasteiger charge is -2.03. The molecule has 0 saturated carbocycles. The Morgan fingerprint density at radius 1 is 1.28 bits per heavy atom. The summed E-state index contributed by atoms with van der Waals surface area (Å²) in [7, 11) is 0. The Morgan fingerprint density at radius 2 is 2.11 bits per heavy atom. The Labute approximate surface area is 106 Å². The van der Waals surface area contributed by atoms with E-state index in [-0.39, 0.29) is 6.61 Å². The smallest absolute Gasteiger partial charge is 0.293 e. The van der Waals surface area contributed by atoms with Gasteiger partial charge in [0.1, 0.15) is 0 Å². The van der Waals surface area contributed by atoms with Crippen molar-refractivity contribution in [1.29, 1.82) is 0 Å². The lowest BCUT2D eigenvalue weighted by atomic mass is 10.0. The number of aliphatic hydroxyl groups is 1. The van der Waals surface area contributed by atoms with E-state index < -0.39 is 0 Å². The second-order valence-corrected chi connectivity index (χ2v) is 4.17. The highest BCUT2D eigenvalue weighted by Gasteiger charge is 2.10. The molecule has 18 heavy (non-hydrogen) atoms. The molecule has 0 radical (unpaired) electrons. The second-order valence-electron chi connectivity index (χ2n) is 4.17. The van der Waals surface area contributed by atoms with Gasteiger partial charge in [-0.1, -0.05) is 18.2 Å². The lowest BCUT2D eigenvalue weighted by Crippen LogP contribution is -2.00. The Morgan fingerprint density at radius 3 is 2.89 bits per heavy atom. The Hall–Kier alpha value is -1.81. The van der Waals surface area contributed by atoms with E-state index in [4.69, 9.17) is 9.84 Å². The first kappa shape index (κ1) is 12.6. The van der Waals surface area contributed by atoms with E-state index >= 15 is 0 Å². The van der Waals surface area contributed by atoms with Gasteiger partial charge in [0.15, 0.2) is 0 Å². The van der Waals surface area contributed by atoms with Crippen molar-refractivity contribution in [1.82, 2.24) is 4.98 Å². The van der Waals surface area contributed by atoms with Gasteiger partial charge in [-0.15, -0.1) is 0 Å². The van der Waals surface area contributed by atoms with Crippen LogP contribution in [0.5, 0.6) is 0 Å². The minimum atomic E-state index is 0.184. The predicted octanol–water partition coefficient (Wildman–Crippen LogP) is 1.81. The van der Waals surface area contributed by atoms with Gasteiger partial charge in [-0.2, -0.15) is 0 Å². The summed E-state index contributed by atoms with van der Waals surface area (Å²) in [6, 6.07) is 8.09. The van der Waals surface area contributed by atoms with Gasteiger partial charge in [0.05, 0.1) is 6.61 Å². The average molecular weight is 247 g/mol. The van der Waals surface area contributed by atoms with Gasteiger partial charge in [0.2, 0.25) is 0 Å². The van der Waals surface area contributed by atoms with Crippen LogP contribution in [-0.4, -0.2) is 29.8 Å². The summed E-state index contributed by atoms with van der Waals surface area (Å²) in [5.74, 6) is 0. The maximum atomic E-state index is 10.2. The number of ether oxygens (including phenoxy) is 1. The normalized spacial score (nSPS) is 10.7. The van der Waals surface area contributed by atoms with Crippen molar-refractivity contribution in [2.45, 2.75) is 19.3 Å². The summed E-state index contributed by atoms with van der Waals surface area (Å²) in [5, 5.41) is 10.1. The molecule has 0 fully saturated rings. The number of hydrogen-bond acceptors (Lipinski definition) is 3. The molecular weight excluding hydrogens is 230 g/mol. The van der Waals surface area contributed by atoms with Gasteiger partial charge in [-0.25, -0.2) is 0 Å². The van der Waals surface area contributed by atoms with Gasteiger partial charge < -0.3 is 14.8 Å². The number of carbonyl (C=O) groups is 1. The number of benzene rings is 1. The fraction of sp³-hybridized carbons (Fsp3) is 0.357. The fourth-order valence-electron chi connectivity index (χ4n) is 2.22. The molecule has 4 nitrogen and oxygen atoms in total. The monoisotopic (exact) mass is 247 g/mol. The SMILES string of the molecule is O=COCCc1[nH]c2ccccc2c1CCCO. The number of fused-ring (bicyclic) bond motifs is 1. The molecule has 0 amide bonds. The zero-order valence-corrected chi connectivity index (χ0v) is 10.2. The van der Waals surface area contributed by atoms with Crippen LogP contribution in [0.2, 0.25) is 0 Å². The summed E-state index contributed by atoms with van der Waals surface area (Å²) in [6.07, 6.45) is 2.24. The van der Waals surface area contributed by atoms with E-state index in [0.717, 1.165) is 24.1 Å². The molecule has 2 rings (SSSR count). The maximum absolute atomic E-state index is 10.2. The summed E-state index contributed by atoms with van der Waals surface area (Å²) < 4.78 is 4.74. The molecule has 0 aliphatic heterocycles. The van der Waals surface area contributed by atoms with Gasteiger partial charge in [-0.3, -0.25) is 4.79 Å². The molecule has 0 atom stereocenters. The maximum Gasteiger partial charge on any atom is 0.293 e. The van der Waals surface area contributed by atoms with Crippen molar-refractivity contribution in [2.24, 2.45) is 0 Å². The predicted molar refractivity (Wildman–Crippen MR) is 69.4 cm³/mol. The quantitative estimate of drug-likeness (QED) is 0.579. The molecule has 96 valence electrons. The van der Waals surface area contributed by atoms with Crippen LogP contribution >= 0.6 is 0 Å². The summed E-state index contributed by atoms with van der Waals surface area (Å²) in [6.45, 7) is 1.03. The number of aliphatic hydroxyl groups excluding tert-OH is 1. The molecule has 1 aromatic carbocycles. The standard InChI is InChI=1S/C14H17NO3/c16-8-3-5-12-11-4-1-2-6-13(11)15-14(12)7-9-18-10-17/h1-2,4,6,10,15-16H,3,5,7-9H2. The number of para-hydroxylation sites is 1. The highest BCUT2D eigenvalue weighted by molar-refractivity contribution is 5.84. The molecule has 0 bridgehead atoms. The van der Waals surface area contributed by atoms with Crippen molar-refractivity contribution in [3.05, 3.63) is 35.5 Å². The van der Waals surface area contributed by atoms with Crippen molar-refractivity contribution in [2.75, 3.05) is 13.2 Å². The third-order valence-electron chi connectivity index (χ3n) is 3.02. The first-order valence-electron chi connectivity index (χ1n) is 6.11. The zero-order chi connectivity index (χ0) is 12.8. The first-order chi connectivity index (χ1) is 8.86. The van der Waals surface area contributed by atoms with E-state index in [0.29, 0.717) is 19.5 Å². The Balaban J connectivity index is 2.27. The van der Waals surface area contributed by atoms with Gasteiger partial charge in [-0.05, 0) is 24.5 Å². The minimum absolute atomic E-state index is 0.184. The van der Waals surface area contributed by atoms with Crippen molar-refractivity contribution in [3.63, 3.8) is 0 Å². The van der Waals surface area contributed by atoms with Gasteiger partial charge in [0, 0.05) is 29.6 Å². The molecular formula is C14H17NO3. The number of aromatic nitrogens is 1. The average Bonchev–Trinajstić information content (AvgIpc) is 2.74. The number of aromatic amines is 1. The minimum Gasteiger partial charge on any atom is -0.467 e. The molecule has 4 heteroatoms. The molecule has 2 N–H and O–H groups in total. The number of hydrogen-bond donors (Lipinski definition) is 2. The van der Waals surface area contributed by atoms with Crippen molar-refractivity contribution < 1.29 is 14.6 Å². The van der Waals surface area contributed by atoms with Crippen LogP contribution in [0, 0.1) is 0 Å². The van der Waals surface area contributed by atoms with Gasteiger partial charge in [0.25, 0.3) is 6.47 Å². The van der Waals surface area contributed by atoms with Crippen LogP contribution in [0.25, 0.3) is 10.9 Å². The van der Waals surface area contributed by atoms with Crippen LogP contribution in [0.1, 0.15) is 17.7 Å². The van der Waals surface area contributed by atoms with Gasteiger partial charge >= 0.3 is 0 Å². The number of nitrogens with one attached hydrogen (secondary N) is 1. The molecule has 0 saturated heterocycles. The first-order valence-corrected chi connectivity index (χ1v) is 6.11.